The average Bonchev–Trinajstić information content (AvgIpc) is 2.67. The molecule has 0 spiro atoms. The van der Waals surface area contributed by atoms with Crippen LogP contribution in [0.4, 0.5) is 4.79 Å². The van der Waals surface area contributed by atoms with Gasteiger partial charge in [-0.3, -0.25) is 4.68 Å². The molecule has 1 aliphatic heterocycles. The van der Waals surface area contributed by atoms with Crippen LogP contribution >= 0.6 is 11.8 Å². The third-order valence-electron chi connectivity index (χ3n) is 3.08. The Morgan fingerprint density at radius 2 is 2.25 bits per heavy atom. The summed E-state index contributed by atoms with van der Waals surface area (Å²) in [6, 6.07) is -1.39. The van der Waals surface area contributed by atoms with Gasteiger partial charge in [0.1, 0.15) is 0 Å². The van der Waals surface area contributed by atoms with Crippen molar-refractivity contribution in [3.63, 3.8) is 0 Å². The van der Waals surface area contributed by atoms with Crippen molar-refractivity contribution in [1.82, 2.24) is 20.0 Å². The van der Waals surface area contributed by atoms with Gasteiger partial charge in [-0.25, -0.2) is 9.59 Å². The van der Waals surface area contributed by atoms with Crippen LogP contribution in [0.25, 0.3) is 0 Å². The number of aromatic nitrogens is 2. The fourth-order valence-corrected chi connectivity index (χ4v) is 2.93. The van der Waals surface area contributed by atoms with Gasteiger partial charge in [-0.1, -0.05) is 0 Å². The van der Waals surface area contributed by atoms with Crippen LogP contribution in [0.5, 0.6) is 0 Å². The molecule has 0 radical (unpaired) electrons. The summed E-state index contributed by atoms with van der Waals surface area (Å²) in [4.78, 5) is 25.2. The number of aliphatic carboxylic acids is 1. The summed E-state index contributed by atoms with van der Waals surface area (Å²) in [5.41, 5.74) is 0.470. The minimum absolute atomic E-state index is 0.330. The van der Waals surface area contributed by atoms with Crippen molar-refractivity contribution in [2.75, 3.05) is 24.6 Å². The maximum Gasteiger partial charge on any atom is 0.331 e. The zero-order valence-corrected chi connectivity index (χ0v) is 12.1. The van der Waals surface area contributed by atoms with E-state index in [-0.39, 0.29) is 6.03 Å². The Hall–Kier alpha value is -1.70. The Morgan fingerprint density at radius 1 is 1.45 bits per heavy atom. The van der Waals surface area contributed by atoms with Crippen molar-refractivity contribution < 1.29 is 14.7 Å². The van der Waals surface area contributed by atoms with Crippen molar-refractivity contribution in [3.05, 3.63) is 18.0 Å². The number of nitrogens with zero attached hydrogens (tertiary/aromatic N) is 3. The highest BCUT2D eigenvalue weighted by Gasteiger charge is 2.26. The summed E-state index contributed by atoms with van der Waals surface area (Å²) in [6.45, 7) is 1.31. The van der Waals surface area contributed by atoms with Gasteiger partial charge in [0, 0.05) is 37.7 Å². The van der Waals surface area contributed by atoms with E-state index in [0.717, 1.165) is 17.9 Å². The van der Waals surface area contributed by atoms with Gasteiger partial charge in [0.2, 0.25) is 0 Å². The molecule has 1 fully saturated rings. The smallest absolute Gasteiger partial charge is 0.331 e. The third kappa shape index (κ3) is 3.66. The van der Waals surface area contributed by atoms with Gasteiger partial charge < -0.3 is 15.3 Å². The topological polar surface area (TPSA) is 87.5 Å². The van der Waals surface area contributed by atoms with Crippen LogP contribution in [-0.2, 0) is 11.8 Å². The molecule has 7 nitrogen and oxygen atoms in total. The van der Waals surface area contributed by atoms with E-state index in [2.05, 4.69) is 10.4 Å². The fourth-order valence-electron chi connectivity index (χ4n) is 2.04. The first-order valence-electron chi connectivity index (χ1n) is 6.42. The standard InChI is InChI=1S/C12H18N4O3S/c1-15-8-9(7-13-15)10(11(17)18)14-12(19)16-3-2-5-20-6-4-16/h7-8,10H,2-6H2,1H3,(H,14,19)(H,17,18). The fraction of sp³-hybridized carbons (Fsp3) is 0.583. The van der Waals surface area contributed by atoms with Crippen LogP contribution in [0.15, 0.2) is 12.4 Å². The summed E-state index contributed by atoms with van der Waals surface area (Å²) >= 11 is 1.81. The molecule has 20 heavy (non-hydrogen) atoms. The lowest BCUT2D eigenvalue weighted by molar-refractivity contribution is -0.139. The first-order chi connectivity index (χ1) is 9.58. The zero-order valence-electron chi connectivity index (χ0n) is 11.3. The molecule has 110 valence electrons. The highest BCUT2D eigenvalue weighted by atomic mass is 32.2. The minimum Gasteiger partial charge on any atom is -0.479 e. The summed E-state index contributed by atoms with van der Waals surface area (Å²) in [7, 11) is 1.70. The second kappa shape index (κ2) is 6.65. The number of hydrogen-bond donors (Lipinski definition) is 2. The first-order valence-corrected chi connectivity index (χ1v) is 7.58. The number of nitrogens with one attached hydrogen (secondary N) is 1. The summed E-state index contributed by atoms with van der Waals surface area (Å²) in [5.74, 6) is 0.836. The molecule has 0 aromatic carbocycles. The number of carbonyl (C=O) groups is 2. The van der Waals surface area contributed by atoms with Gasteiger partial charge in [0.05, 0.1) is 6.20 Å². The van der Waals surface area contributed by atoms with E-state index in [1.807, 2.05) is 11.8 Å². The highest BCUT2D eigenvalue weighted by molar-refractivity contribution is 7.99. The Kier molecular flexibility index (Phi) is 4.89. The monoisotopic (exact) mass is 298 g/mol. The molecule has 0 aliphatic carbocycles. The van der Waals surface area contributed by atoms with E-state index in [1.165, 1.54) is 10.9 Å². The highest BCUT2D eigenvalue weighted by Crippen LogP contribution is 2.14. The SMILES string of the molecule is Cn1cc(C(NC(=O)N2CCCSCC2)C(=O)O)cn1. The van der Waals surface area contributed by atoms with Gasteiger partial charge in [-0.2, -0.15) is 16.9 Å². The number of urea groups is 1. The van der Waals surface area contributed by atoms with Gasteiger partial charge in [-0.15, -0.1) is 0 Å². The second-order valence-corrected chi connectivity index (χ2v) is 5.85. The summed E-state index contributed by atoms with van der Waals surface area (Å²) < 4.78 is 1.51. The Morgan fingerprint density at radius 3 is 2.90 bits per heavy atom. The zero-order chi connectivity index (χ0) is 14.5. The first kappa shape index (κ1) is 14.7. The molecule has 1 aromatic heterocycles. The van der Waals surface area contributed by atoms with E-state index in [1.54, 1.807) is 18.1 Å². The van der Waals surface area contributed by atoms with Gasteiger partial charge >= 0.3 is 12.0 Å². The van der Waals surface area contributed by atoms with Crippen molar-refractivity contribution in [2.24, 2.45) is 7.05 Å². The number of carboxylic acids is 1. The number of aryl methyl sites for hydroxylation is 1. The Bertz CT molecular complexity index is 483. The average molecular weight is 298 g/mol. The minimum atomic E-state index is -1.09. The Balaban J connectivity index is 2.04. The molecule has 2 heterocycles. The molecular formula is C12H18N4O3S. The lowest BCUT2D eigenvalue weighted by Gasteiger charge is -2.23. The number of amides is 2. The number of hydrogen-bond acceptors (Lipinski definition) is 4. The number of carbonyl (C=O) groups excluding carboxylic acids is 1. The van der Waals surface area contributed by atoms with Crippen LogP contribution in [0.1, 0.15) is 18.0 Å². The lowest BCUT2D eigenvalue weighted by atomic mass is 10.1. The molecule has 1 saturated heterocycles. The molecule has 1 aromatic rings. The molecule has 1 aliphatic rings. The van der Waals surface area contributed by atoms with Crippen molar-refractivity contribution in [1.29, 1.82) is 0 Å². The van der Waals surface area contributed by atoms with Crippen molar-refractivity contribution in [3.8, 4) is 0 Å². The van der Waals surface area contributed by atoms with Crippen LogP contribution in [0.2, 0.25) is 0 Å². The van der Waals surface area contributed by atoms with Crippen LogP contribution in [-0.4, -0.2) is 56.4 Å². The predicted molar refractivity (Wildman–Crippen MR) is 75.6 cm³/mol. The molecule has 1 unspecified atom stereocenters. The van der Waals surface area contributed by atoms with Gasteiger partial charge in [-0.05, 0) is 12.2 Å². The largest absolute Gasteiger partial charge is 0.479 e. The quantitative estimate of drug-likeness (QED) is 0.857. The van der Waals surface area contributed by atoms with Gasteiger partial charge in [0.15, 0.2) is 6.04 Å². The predicted octanol–water partition coefficient (Wildman–Crippen LogP) is 0.694. The molecule has 1 atom stereocenters. The Labute approximate surface area is 121 Å². The van der Waals surface area contributed by atoms with Crippen molar-refractivity contribution >= 4 is 23.8 Å². The molecule has 0 saturated carbocycles. The number of thioether (sulfide) groups is 1. The third-order valence-corrected chi connectivity index (χ3v) is 4.13. The van der Waals surface area contributed by atoms with E-state index in [0.29, 0.717) is 18.7 Å². The van der Waals surface area contributed by atoms with E-state index < -0.39 is 12.0 Å². The maximum atomic E-state index is 12.2. The van der Waals surface area contributed by atoms with E-state index >= 15 is 0 Å². The molecule has 2 rings (SSSR count). The maximum absolute atomic E-state index is 12.2. The van der Waals surface area contributed by atoms with Crippen LogP contribution in [0, 0.1) is 0 Å². The van der Waals surface area contributed by atoms with Crippen molar-refractivity contribution in [2.45, 2.75) is 12.5 Å². The van der Waals surface area contributed by atoms with Crippen LogP contribution < -0.4 is 5.32 Å². The van der Waals surface area contributed by atoms with Gasteiger partial charge in [0.25, 0.3) is 0 Å². The molecule has 0 bridgehead atoms. The normalized spacial score (nSPS) is 17.4. The number of rotatable bonds is 3. The van der Waals surface area contributed by atoms with Crippen LogP contribution in [0.3, 0.4) is 0 Å². The summed E-state index contributed by atoms with van der Waals surface area (Å²) in [5, 5.41) is 15.8. The summed E-state index contributed by atoms with van der Waals surface area (Å²) in [6.07, 6.45) is 3.98. The molecule has 2 N–H and O–H groups in total. The molecule has 2 amide bonds. The second-order valence-electron chi connectivity index (χ2n) is 4.62. The van der Waals surface area contributed by atoms with E-state index in [9.17, 15) is 14.7 Å². The number of carboxylic acid groups (broad SMARTS) is 1. The van der Waals surface area contributed by atoms with E-state index in [4.69, 9.17) is 0 Å². The lowest BCUT2D eigenvalue weighted by Crippen LogP contribution is -2.44. The molecular weight excluding hydrogens is 280 g/mol. The molecule has 8 heteroatoms.